The minimum atomic E-state index is -3.53. The molecule has 0 aromatic heterocycles. The average Bonchev–Trinajstić information content (AvgIpc) is 2.69. The number of hydrogen-bond donors (Lipinski definition) is 1. The fourth-order valence-electron chi connectivity index (χ4n) is 2.08. The molecule has 0 bridgehead atoms. The maximum Gasteiger partial charge on any atom is 0.241 e. The van der Waals surface area contributed by atoms with Gasteiger partial charge in [-0.3, -0.25) is 9.52 Å². The van der Waals surface area contributed by atoms with Gasteiger partial charge in [0.15, 0.2) is 0 Å². The molecule has 19 heavy (non-hydrogen) atoms. The minimum Gasteiger partial charge on any atom is -0.273 e. The molecule has 1 aromatic rings. The van der Waals surface area contributed by atoms with Gasteiger partial charge in [0, 0.05) is 10.6 Å². The highest BCUT2D eigenvalue weighted by atomic mass is 32.2. The normalized spacial score (nSPS) is 18.4. The van der Waals surface area contributed by atoms with Crippen LogP contribution >= 0.6 is 11.8 Å². The smallest absolute Gasteiger partial charge is 0.241 e. The first-order valence-electron chi connectivity index (χ1n) is 6.15. The topological polar surface area (TPSA) is 63.2 Å². The summed E-state index contributed by atoms with van der Waals surface area (Å²) in [5.74, 6) is -0.223. The van der Waals surface area contributed by atoms with Gasteiger partial charge in [-0.2, -0.15) is 0 Å². The molecule has 1 amide bonds. The molecule has 0 spiro atoms. The molecular formula is C13H17NO3S2. The standard InChI is InChI=1S/C13H17NO3S2/c1-9(2)8-19(16,17)14-13(15)11-7-18-12-6-4-3-5-10(11)12/h3-6,9,11H,7-8H2,1-2H3,(H,14,15)/t11-/m0/s1. The molecular weight excluding hydrogens is 282 g/mol. The molecule has 1 aliphatic rings. The van der Waals surface area contributed by atoms with E-state index in [1.165, 1.54) is 0 Å². The number of sulfonamides is 1. The van der Waals surface area contributed by atoms with E-state index >= 15 is 0 Å². The van der Waals surface area contributed by atoms with Crippen LogP contribution in [0.2, 0.25) is 0 Å². The molecule has 1 aromatic carbocycles. The van der Waals surface area contributed by atoms with Gasteiger partial charge in [-0.1, -0.05) is 32.0 Å². The second kappa shape index (κ2) is 5.54. The number of fused-ring (bicyclic) bond motifs is 1. The Hall–Kier alpha value is -1.01. The van der Waals surface area contributed by atoms with Gasteiger partial charge in [0.05, 0.1) is 11.7 Å². The van der Waals surface area contributed by atoms with E-state index in [-0.39, 0.29) is 17.6 Å². The van der Waals surface area contributed by atoms with E-state index < -0.39 is 15.9 Å². The van der Waals surface area contributed by atoms with Gasteiger partial charge >= 0.3 is 0 Å². The van der Waals surface area contributed by atoms with E-state index in [9.17, 15) is 13.2 Å². The van der Waals surface area contributed by atoms with E-state index in [0.29, 0.717) is 5.75 Å². The molecule has 1 atom stereocenters. The molecule has 104 valence electrons. The first-order chi connectivity index (χ1) is 8.89. The fourth-order valence-corrected chi connectivity index (χ4v) is 4.72. The Morgan fingerprint density at radius 2 is 2.11 bits per heavy atom. The summed E-state index contributed by atoms with van der Waals surface area (Å²) >= 11 is 1.59. The van der Waals surface area contributed by atoms with Crippen LogP contribution in [-0.4, -0.2) is 25.8 Å². The third-order valence-electron chi connectivity index (χ3n) is 2.83. The fraction of sp³-hybridized carbons (Fsp3) is 0.462. The molecule has 1 heterocycles. The Labute approximate surface area is 118 Å². The van der Waals surface area contributed by atoms with Crippen LogP contribution in [0.15, 0.2) is 29.2 Å². The highest BCUT2D eigenvalue weighted by molar-refractivity contribution is 7.99. The van der Waals surface area contributed by atoms with Gasteiger partial charge in [0.1, 0.15) is 0 Å². The van der Waals surface area contributed by atoms with Crippen LogP contribution in [-0.2, 0) is 14.8 Å². The van der Waals surface area contributed by atoms with Gasteiger partial charge in [-0.25, -0.2) is 8.42 Å². The maximum atomic E-state index is 12.1. The van der Waals surface area contributed by atoms with Gasteiger partial charge in [0.2, 0.25) is 15.9 Å². The quantitative estimate of drug-likeness (QED) is 0.923. The van der Waals surface area contributed by atoms with E-state index in [4.69, 9.17) is 0 Å². The summed E-state index contributed by atoms with van der Waals surface area (Å²) in [6.45, 7) is 3.62. The van der Waals surface area contributed by atoms with Gasteiger partial charge < -0.3 is 0 Å². The Kier molecular flexibility index (Phi) is 4.20. The lowest BCUT2D eigenvalue weighted by molar-refractivity contribution is -0.120. The van der Waals surface area contributed by atoms with Crippen molar-refractivity contribution < 1.29 is 13.2 Å². The molecule has 6 heteroatoms. The zero-order chi connectivity index (χ0) is 14.0. The van der Waals surface area contributed by atoms with Crippen molar-refractivity contribution in [2.45, 2.75) is 24.7 Å². The van der Waals surface area contributed by atoms with E-state index in [0.717, 1.165) is 10.5 Å². The molecule has 0 aliphatic carbocycles. The largest absolute Gasteiger partial charge is 0.273 e. The van der Waals surface area contributed by atoms with Crippen molar-refractivity contribution in [3.8, 4) is 0 Å². The first-order valence-corrected chi connectivity index (χ1v) is 8.79. The molecule has 0 saturated heterocycles. The van der Waals surface area contributed by atoms with E-state index in [2.05, 4.69) is 4.72 Å². The summed E-state index contributed by atoms with van der Waals surface area (Å²) in [5, 5.41) is 0. The van der Waals surface area contributed by atoms with Gasteiger partial charge in [0.25, 0.3) is 0 Å². The second-order valence-electron chi connectivity index (χ2n) is 5.04. The lowest BCUT2D eigenvalue weighted by Gasteiger charge is -2.13. The number of thioether (sulfide) groups is 1. The molecule has 1 N–H and O–H groups in total. The third-order valence-corrected chi connectivity index (χ3v) is 5.63. The van der Waals surface area contributed by atoms with Crippen LogP contribution in [0.1, 0.15) is 25.3 Å². The highest BCUT2D eigenvalue weighted by Gasteiger charge is 2.31. The van der Waals surface area contributed by atoms with Crippen molar-refractivity contribution in [3.63, 3.8) is 0 Å². The van der Waals surface area contributed by atoms with E-state index in [1.54, 1.807) is 11.8 Å². The Balaban J connectivity index is 2.11. The summed E-state index contributed by atoms with van der Waals surface area (Å²) in [5.41, 5.74) is 0.921. The number of nitrogens with one attached hydrogen (secondary N) is 1. The molecule has 0 unspecified atom stereocenters. The number of amides is 1. The summed E-state index contributed by atoms with van der Waals surface area (Å²) in [6.07, 6.45) is 0. The molecule has 0 fully saturated rings. The third kappa shape index (κ3) is 3.51. The predicted octanol–water partition coefficient (Wildman–Crippen LogP) is 1.98. The van der Waals surface area contributed by atoms with Crippen molar-refractivity contribution in [2.75, 3.05) is 11.5 Å². The number of hydrogen-bond acceptors (Lipinski definition) is 4. The summed E-state index contributed by atoms with van der Waals surface area (Å²) in [7, 11) is -3.53. The van der Waals surface area contributed by atoms with Crippen molar-refractivity contribution >= 4 is 27.7 Å². The molecule has 0 radical (unpaired) electrons. The average molecular weight is 299 g/mol. The van der Waals surface area contributed by atoms with Crippen molar-refractivity contribution in [1.82, 2.24) is 4.72 Å². The number of carbonyl (C=O) groups excluding carboxylic acids is 1. The lowest BCUT2D eigenvalue weighted by atomic mass is 10.0. The second-order valence-corrected chi connectivity index (χ2v) is 7.87. The van der Waals surface area contributed by atoms with Crippen LogP contribution in [0.3, 0.4) is 0 Å². The number of benzene rings is 1. The molecule has 1 aliphatic heterocycles. The Morgan fingerprint density at radius 1 is 1.42 bits per heavy atom. The van der Waals surface area contributed by atoms with Crippen LogP contribution < -0.4 is 4.72 Å². The lowest BCUT2D eigenvalue weighted by Crippen LogP contribution is -2.37. The van der Waals surface area contributed by atoms with Gasteiger partial charge in [-0.05, 0) is 17.5 Å². The molecule has 2 rings (SSSR count). The Morgan fingerprint density at radius 3 is 2.79 bits per heavy atom. The zero-order valence-corrected chi connectivity index (χ0v) is 12.6. The van der Waals surface area contributed by atoms with Crippen molar-refractivity contribution in [3.05, 3.63) is 29.8 Å². The Bertz CT molecular complexity index is 581. The summed E-state index contributed by atoms with van der Waals surface area (Å²) < 4.78 is 25.8. The van der Waals surface area contributed by atoms with Crippen LogP contribution in [0.5, 0.6) is 0 Å². The van der Waals surface area contributed by atoms with Crippen molar-refractivity contribution in [2.24, 2.45) is 5.92 Å². The monoisotopic (exact) mass is 299 g/mol. The highest BCUT2D eigenvalue weighted by Crippen LogP contribution is 2.39. The van der Waals surface area contributed by atoms with Crippen LogP contribution in [0, 0.1) is 5.92 Å². The van der Waals surface area contributed by atoms with E-state index in [1.807, 2.05) is 38.1 Å². The zero-order valence-electron chi connectivity index (χ0n) is 10.9. The van der Waals surface area contributed by atoms with Gasteiger partial charge in [-0.15, -0.1) is 11.8 Å². The SMILES string of the molecule is CC(C)CS(=O)(=O)NC(=O)[C@H]1CSc2ccccc21. The summed E-state index contributed by atoms with van der Waals surface area (Å²) in [4.78, 5) is 13.2. The predicted molar refractivity (Wildman–Crippen MR) is 76.7 cm³/mol. The maximum absolute atomic E-state index is 12.1. The summed E-state index contributed by atoms with van der Waals surface area (Å²) in [6, 6.07) is 7.62. The van der Waals surface area contributed by atoms with Crippen LogP contribution in [0.25, 0.3) is 0 Å². The van der Waals surface area contributed by atoms with Crippen molar-refractivity contribution in [1.29, 1.82) is 0 Å². The number of rotatable bonds is 4. The minimum absolute atomic E-state index is 0.00413. The molecule has 4 nitrogen and oxygen atoms in total. The first kappa shape index (κ1) is 14.4. The molecule has 0 saturated carbocycles. The van der Waals surface area contributed by atoms with Crippen LogP contribution in [0.4, 0.5) is 0 Å². The number of carbonyl (C=O) groups is 1.